The van der Waals surface area contributed by atoms with E-state index in [-0.39, 0.29) is 0 Å². The molecule has 0 spiro atoms. The molecule has 0 amide bonds. The number of amidine groups is 1. The monoisotopic (exact) mass is 257 g/mol. The number of nitrogens with one attached hydrogen (secondary N) is 1. The molecule has 2 saturated heterocycles. The fraction of sp³-hybridized carbons (Fsp3) is 0.917. The fourth-order valence-corrected chi connectivity index (χ4v) is 3.13. The smallest absolute Gasteiger partial charge is 0.156 e. The van der Waals surface area contributed by atoms with Crippen molar-refractivity contribution >= 4 is 16.9 Å². The zero-order valence-corrected chi connectivity index (χ0v) is 11.5. The Bertz CT molecular complexity index is 254. The van der Waals surface area contributed by atoms with Gasteiger partial charge in [0.2, 0.25) is 0 Å². The average Bonchev–Trinajstić information content (AvgIpc) is 2.40. The third-order valence-electron chi connectivity index (χ3n) is 3.30. The van der Waals surface area contributed by atoms with Gasteiger partial charge < -0.3 is 10.1 Å². The van der Waals surface area contributed by atoms with Crippen molar-refractivity contribution in [1.29, 1.82) is 0 Å². The molecule has 1 unspecified atom stereocenters. The third-order valence-corrected chi connectivity index (χ3v) is 4.26. The molecule has 2 heterocycles. The van der Waals surface area contributed by atoms with E-state index in [0.29, 0.717) is 6.04 Å². The summed E-state index contributed by atoms with van der Waals surface area (Å²) in [5, 5.41) is 4.66. The zero-order chi connectivity index (χ0) is 11.9. The fourth-order valence-electron chi connectivity index (χ4n) is 2.10. The van der Waals surface area contributed by atoms with Gasteiger partial charge in [-0.15, -0.1) is 0 Å². The molecule has 17 heavy (non-hydrogen) atoms. The van der Waals surface area contributed by atoms with Crippen LogP contribution >= 0.6 is 11.8 Å². The van der Waals surface area contributed by atoms with E-state index in [1.54, 1.807) is 0 Å². The van der Waals surface area contributed by atoms with Crippen LogP contribution in [0.15, 0.2) is 4.99 Å². The van der Waals surface area contributed by atoms with Gasteiger partial charge in [0.05, 0.1) is 19.8 Å². The maximum absolute atomic E-state index is 5.33. The Morgan fingerprint density at radius 1 is 1.47 bits per heavy atom. The first-order valence-corrected chi connectivity index (χ1v) is 7.61. The molecule has 4 nitrogen and oxygen atoms in total. The Morgan fingerprint density at radius 3 is 3.06 bits per heavy atom. The van der Waals surface area contributed by atoms with E-state index in [1.165, 1.54) is 18.6 Å². The molecule has 2 aliphatic heterocycles. The van der Waals surface area contributed by atoms with Gasteiger partial charge in [-0.2, -0.15) is 0 Å². The average molecular weight is 257 g/mol. The topological polar surface area (TPSA) is 36.9 Å². The van der Waals surface area contributed by atoms with E-state index in [9.17, 15) is 0 Å². The van der Waals surface area contributed by atoms with E-state index < -0.39 is 0 Å². The van der Waals surface area contributed by atoms with Crippen LogP contribution in [0, 0.1) is 0 Å². The minimum Gasteiger partial charge on any atom is -0.379 e. The van der Waals surface area contributed by atoms with Crippen molar-refractivity contribution in [3.05, 3.63) is 0 Å². The number of nitrogens with zero attached hydrogens (tertiary/aromatic N) is 2. The van der Waals surface area contributed by atoms with E-state index >= 15 is 0 Å². The van der Waals surface area contributed by atoms with Crippen LogP contribution in [-0.2, 0) is 4.74 Å². The van der Waals surface area contributed by atoms with Gasteiger partial charge in [-0.05, 0) is 12.8 Å². The van der Waals surface area contributed by atoms with E-state index in [0.717, 1.165) is 44.6 Å². The molecule has 2 fully saturated rings. The highest BCUT2D eigenvalue weighted by Gasteiger charge is 2.15. The molecule has 0 aliphatic carbocycles. The lowest BCUT2D eigenvalue weighted by Gasteiger charge is -2.27. The highest BCUT2D eigenvalue weighted by atomic mass is 32.2. The number of rotatable bonds is 4. The maximum Gasteiger partial charge on any atom is 0.156 e. The van der Waals surface area contributed by atoms with Crippen molar-refractivity contribution in [3.8, 4) is 0 Å². The minimum absolute atomic E-state index is 0.637. The lowest BCUT2D eigenvalue weighted by Crippen LogP contribution is -2.39. The van der Waals surface area contributed by atoms with Gasteiger partial charge in [-0.3, -0.25) is 9.89 Å². The molecular formula is C12H23N3OS. The molecule has 0 aromatic rings. The van der Waals surface area contributed by atoms with Crippen molar-refractivity contribution in [2.24, 2.45) is 4.99 Å². The highest BCUT2D eigenvalue weighted by Crippen LogP contribution is 2.15. The second-order valence-corrected chi connectivity index (χ2v) is 5.61. The van der Waals surface area contributed by atoms with Gasteiger partial charge in [0, 0.05) is 31.4 Å². The molecule has 2 rings (SSSR count). The summed E-state index contributed by atoms with van der Waals surface area (Å²) in [7, 11) is 0. The summed E-state index contributed by atoms with van der Waals surface area (Å²) in [4.78, 5) is 7.09. The molecule has 98 valence electrons. The first-order valence-electron chi connectivity index (χ1n) is 6.62. The van der Waals surface area contributed by atoms with Crippen LogP contribution in [0.1, 0.15) is 19.8 Å². The summed E-state index contributed by atoms with van der Waals surface area (Å²) < 4.78 is 5.33. The van der Waals surface area contributed by atoms with Crippen molar-refractivity contribution < 1.29 is 4.74 Å². The maximum atomic E-state index is 5.33. The molecule has 1 atom stereocenters. The first kappa shape index (κ1) is 13.2. The summed E-state index contributed by atoms with van der Waals surface area (Å²) in [5.41, 5.74) is 0. The van der Waals surface area contributed by atoms with Gasteiger partial charge in [0.25, 0.3) is 0 Å². The van der Waals surface area contributed by atoms with Gasteiger partial charge >= 0.3 is 0 Å². The number of thioether (sulfide) groups is 1. The predicted molar refractivity (Wildman–Crippen MR) is 73.9 cm³/mol. The lowest BCUT2D eigenvalue weighted by atomic mass is 10.2. The molecule has 0 aromatic heterocycles. The molecule has 2 aliphatic rings. The van der Waals surface area contributed by atoms with Crippen LogP contribution in [-0.4, -0.2) is 61.3 Å². The highest BCUT2D eigenvalue weighted by molar-refractivity contribution is 8.13. The van der Waals surface area contributed by atoms with E-state index in [4.69, 9.17) is 4.74 Å². The number of ether oxygens (including phenoxy) is 1. The summed E-state index contributed by atoms with van der Waals surface area (Å²) >= 11 is 1.86. The zero-order valence-electron chi connectivity index (χ0n) is 10.7. The number of hydrogen-bond acceptors (Lipinski definition) is 4. The van der Waals surface area contributed by atoms with Gasteiger partial charge in [0.1, 0.15) is 0 Å². The van der Waals surface area contributed by atoms with Crippen LogP contribution in [0.3, 0.4) is 0 Å². The molecule has 0 bridgehead atoms. The summed E-state index contributed by atoms with van der Waals surface area (Å²) in [6, 6.07) is 0.637. The van der Waals surface area contributed by atoms with Crippen molar-refractivity contribution in [1.82, 2.24) is 10.2 Å². The Kier molecular flexibility index (Phi) is 5.61. The Hall–Kier alpha value is -0.260. The SMILES string of the molecule is CCC1CCSC(=NCCN2CCOCC2)N1. The number of morpholine rings is 1. The summed E-state index contributed by atoms with van der Waals surface area (Å²) in [5.74, 6) is 1.21. The first-order chi connectivity index (χ1) is 8.38. The van der Waals surface area contributed by atoms with E-state index in [2.05, 4.69) is 22.1 Å². The Balaban J connectivity index is 1.68. The molecule has 0 saturated carbocycles. The number of aliphatic imine (C=N–C) groups is 1. The van der Waals surface area contributed by atoms with Crippen molar-refractivity contribution in [2.45, 2.75) is 25.8 Å². The third kappa shape index (κ3) is 4.48. The Morgan fingerprint density at radius 2 is 2.29 bits per heavy atom. The van der Waals surface area contributed by atoms with Gasteiger partial charge in [-0.1, -0.05) is 18.7 Å². The van der Waals surface area contributed by atoms with Crippen molar-refractivity contribution in [3.63, 3.8) is 0 Å². The standard InChI is InChI=1S/C12H23N3OS/c1-2-11-3-10-17-12(14-11)13-4-5-15-6-8-16-9-7-15/h11H,2-10H2,1H3,(H,13,14). The molecular weight excluding hydrogens is 234 g/mol. The predicted octanol–water partition coefficient (Wildman–Crippen LogP) is 1.18. The quantitative estimate of drug-likeness (QED) is 0.820. The van der Waals surface area contributed by atoms with Crippen molar-refractivity contribution in [2.75, 3.05) is 45.1 Å². The lowest BCUT2D eigenvalue weighted by molar-refractivity contribution is 0.0394. The minimum atomic E-state index is 0.637. The second kappa shape index (κ2) is 7.24. The number of hydrogen-bond donors (Lipinski definition) is 1. The summed E-state index contributed by atoms with van der Waals surface area (Å²) in [6.07, 6.45) is 2.46. The van der Waals surface area contributed by atoms with Gasteiger partial charge in [0.15, 0.2) is 5.17 Å². The molecule has 1 N–H and O–H groups in total. The largest absolute Gasteiger partial charge is 0.379 e. The molecule has 0 aromatic carbocycles. The van der Waals surface area contributed by atoms with Crippen LogP contribution in [0.25, 0.3) is 0 Å². The van der Waals surface area contributed by atoms with Crippen LogP contribution in [0.5, 0.6) is 0 Å². The van der Waals surface area contributed by atoms with Crippen LogP contribution < -0.4 is 5.32 Å². The second-order valence-electron chi connectivity index (χ2n) is 4.53. The Labute approximate surface area is 108 Å². The summed E-state index contributed by atoms with van der Waals surface area (Å²) in [6.45, 7) is 8.08. The normalized spacial score (nSPS) is 29.2. The molecule has 0 radical (unpaired) electrons. The molecule has 5 heteroatoms. The van der Waals surface area contributed by atoms with E-state index in [1.807, 2.05) is 11.8 Å². The van der Waals surface area contributed by atoms with Gasteiger partial charge in [-0.25, -0.2) is 0 Å². The van der Waals surface area contributed by atoms with Crippen LogP contribution in [0.2, 0.25) is 0 Å². The van der Waals surface area contributed by atoms with Crippen LogP contribution in [0.4, 0.5) is 0 Å².